The standard InChI is InChI=1S/C17H17ClF2O/c1-21-16-8-3-12(4-9-16)2-6-14(18)10-13-5-7-15(19)11-17(13)20/h3-5,7-9,11,14H,2,6,10H2,1H3. The van der Waals surface area contributed by atoms with Crippen LogP contribution in [-0.4, -0.2) is 12.5 Å². The van der Waals surface area contributed by atoms with E-state index in [4.69, 9.17) is 16.3 Å². The quantitative estimate of drug-likeness (QED) is 0.699. The lowest BCUT2D eigenvalue weighted by Crippen LogP contribution is -2.07. The molecule has 0 bridgehead atoms. The largest absolute Gasteiger partial charge is 0.497 e. The van der Waals surface area contributed by atoms with E-state index in [0.717, 1.165) is 30.2 Å². The summed E-state index contributed by atoms with van der Waals surface area (Å²) < 4.78 is 31.5. The molecule has 0 N–H and O–H groups in total. The summed E-state index contributed by atoms with van der Waals surface area (Å²) in [4.78, 5) is 0. The van der Waals surface area contributed by atoms with E-state index in [2.05, 4.69) is 0 Å². The number of hydrogen-bond donors (Lipinski definition) is 0. The highest BCUT2D eigenvalue weighted by Gasteiger charge is 2.11. The number of methoxy groups -OCH3 is 1. The summed E-state index contributed by atoms with van der Waals surface area (Å²) in [5.74, 6) is -0.291. The van der Waals surface area contributed by atoms with Crippen molar-refractivity contribution in [2.75, 3.05) is 7.11 Å². The number of benzene rings is 2. The topological polar surface area (TPSA) is 9.23 Å². The highest BCUT2D eigenvalue weighted by molar-refractivity contribution is 6.20. The molecule has 0 radical (unpaired) electrons. The summed E-state index contributed by atoms with van der Waals surface area (Å²) in [5, 5.41) is -0.188. The van der Waals surface area contributed by atoms with Crippen LogP contribution in [0.5, 0.6) is 5.75 Å². The van der Waals surface area contributed by atoms with E-state index < -0.39 is 11.6 Å². The minimum atomic E-state index is -0.569. The van der Waals surface area contributed by atoms with Crippen LogP contribution in [0.2, 0.25) is 0 Å². The molecule has 0 spiro atoms. The average molecular weight is 311 g/mol. The van der Waals surface area contributed by atoms with E-state index in [0.29, 0.717) is 12.0 Å². The number of rotatable bonds is 6. The molecule has 2 aromatic rings. The van der Waals surface area contributed by atoms with Crippen LogP contribution >= 0.6 is 11.6 Å². The molecule has 21 heavy (non-hydrogen) atoms. The Bertz CT molecular complexity index is 584. The first-order chi connectivity index (χ1) is 10.1. The molecular weight excluding hydrogens is 294 g/mol. The Morgan fingerprint density at radius 1 is 1.10 bits per heavy atom. The Balaban J connectivity index is 1.87. The third-order valence-electron chi connectivity index (χ3n) is 3.36. The zero-order valence-electron chi connectivity index (χ0n) is 11.8. The third-order valence-corrected chi connectivity index (χ3v) is 3.73. The highest BCUT2D eigenvalue weighted by Crippen LogP contribution is 2.19. The first-order valence-electron chi connectivity index (χ1n) is 6.79. The Morgan fingerprint density at radius 3 is 2.43 bits per heavy atom. The smallest absolute Gasteiger partial charge is 0.129 e. The molecular formula is C17H17ClF2O. The molecule has 0 aliphatic carbocycles. The van der Waals surface area contributed by atoms with Gasteiger partial charge in [0.15, 0.2) is 0 Å². The van der Waals surface area contributed by atoms with E-state index in [1.807, 2.05) is 24.3 Å². The second-order valence-electron chi connectivity index (χ2n) is 4.92. The van der Waals surface area contributed by atoms with Crippen molar-refractivity contribution in [2.45, 2.75) is 24.6 Å². The van der Waals surface area contributed by atoms with Crippen LogP contribution in [0.3, 0.4) is 0 Å². The minimum absolute atomic E-state index is 0.188. The molecule has 1 atom stereocenters. The molecule has 1 unspecified atom stereocenters. The summed E-state index contributed by atoms with van der Waals surface area (Å²) in [6, 6.07) is 11.4. The van der Waals surface area contributed by atoms with Gasteiger partial charge in [-0.2, -0.15) is 0 Å². The summed E-state index contributed by atoms with van der Waals surface area (Å²) in [6.45, 7) is 0. The first-order valence-corrected chi connectivity index (χ1v) is 7.23. The monoisotopic (exact) mass is 310 g/mol. The van der Waals surface area contributed by atoms with Gasteiger partial charge in [0.2, 0.25) is 0 Å². The van der Waals surface area contributed by atoms with Crippen LogP contribution < -0.4 is 4.74 Å². The lowest BCUT2D eigenvalue weighted by molar-refractivity contribution is 0.414. The Hall–Kier alpha value is -1.61. The maximum Gasteiger partial charge on any atom is 0.129 e. The number of ether oxygens (including phenoxy) is 1. The second-order valence-corrected chi connectivity index (χ2v) is 5.54. The fourth-order valence-electron chi connectivity index (χ4n) is 2.14. The summed E-state index contributed by atoms with van der Waals surface area (Å²) in [6.07, 6.45) is 1.93. The number of aryl methyl sites for hydroxylation is 1. The van der Waals surface area contributed by atoms with Crippen LogP contribution in [-0.2, 0) is 12.8 Å². The summed E-state index contributed by atoms with van der Waals surface area (Å²) in [5.41, 5.74) is 1.60. The molecule has 0 aliphatic heterocycles. The Morgan fingerprint density at radius 2 is 1.81 bits per heavy atom. The van der Waals surface area contributed by atoms with Gasteiger partial charge in [-0.1, -0.05) is 18.2 Å². The van der Waals surface area contributed by atoms with Crippen LogP contribution in [0.1, 0.15) is 17.5 Å². The fourth-order valence-corrected chi connectivity index (χ4v) is 2.42. The molecule has 4 heteroatoms. The molecule has 0 fully saturated rings. The predicted octanol–water partition coefficient (Wildman–Crippen LogP) is 4.76. The van der Waals surface area contributed by atoms with Gasteiger partial charge in [0, 0.05) is 11.4 Å². The van der Waals surface area contributed by atoms with E-state index in [1.54, 1.807) is 7.11 Å². The van der Waals surface area contributed by atoms with Crippen LogP contribution in [0.4, 0.5) is 8.78 Å². The number of halogens is 3. The molecule has 2 rings (SSSR count). The van der Waals surface area contributed by atoms with Crippen molar-refractivity contribution in [1.29, 1.82) is 0 Å². The SMILES string of the molecule is COc1ccc(CCC(Cl)Cc2ccc(F)cc2F)cc1. The van der Waals surface area contributed by atoms with E-state index in [-0.39, 0.29) is 5.38 Å². The van der Waals surface area contributed by atoms with Gasteiger partial charge in [0.05, 0.1) is 7.11 Å². The van der Waals surface area contributed by atoms with Gasteiger partial charge in [0.25, 0.3) is 0 Å². The average Bonchev–Trinajstić information content (AvgIpc) is 2.48. The van der Waals surface area contributed by atoms with Crippen molar-refractivity contribution in [3.05, 3.63) is 65.2 Å². The van der Waals surface area contributed by atoms with Gasteiger partial charge in [-0.25, -0.2) is 8.78 Å². The van der Waals surface area contributed by atoms with E-state index in [9.17, 15) is 8.78 Å². The fraction of sp³-hybridized carbons (Fsp3) is 0.294. The summed E-state index contributed by atoms with van der Waals surface area (Å²) in [7, 11) is 1.63. The van der Waals surface area contributed by atoms with Crippen LogP contribution in [0.15, 0.2) is 42.5 Å². The molecule has 0 heterocycles. The van der Waals surface area contributed by atoms with Crippen molar-refractivity contribution in [1.82, 2.24) is 0 Å². The zero-order chi connectivity index (χ0) is 15.2. The van der Waals surface area contributed by atoms with Crippen LogP contribution in [0.25, 0.3) is 0 Å². The van der Waals surface area contributed by atoms with Gasteiger partial charge < -0.3 is 4.74 Å². The molecule has 112 valence electrons. The molecule has 0 aliphatic rings. The van der Waals surface area contributed by atoms with Crippen molar-refractivity contribution >= 4 is 11.6 Å². The van der Waals surface area contributed by atoms with E-state index >= 15 is 0 Å². The molecule has 0 saturated heterocycles. The Labute approximate surface area is 128 Å². The lowest BCUT2D eigenvalue weighted by Gasteiger charge is -2.10. The van der Waals surface area contributed by atoms with Crippen molar-refractivity contribution in [3.63, 3.8) is 0 Å². The van der Waals surface area contributed by atoms with Gasteiger partial charge in [-0.15, -0.1) is 11.6 Å². The Kier molecular flexibility index (Phi) is 5.57. The number of hydrogen-bond acceptors (Lipinski definition) is 1. The van der Waals surface area contributed by atoms with Gasteiger partial charge in [-0.05, 0) is 48.6 Å². The lowest BCUT2D eigenvalue weighted by atomic mass is 10.0. The van der Waals surface area contributed by atoms with Crippen molar-refractivity contribution in [2.24, 2.45) is 0 Å². The maximum atomic E-state index is 13.5. The minimum Gasteiger partial charge on any atom is -0.497 e. The van der Waals surface area contributed by atoms with Crippen molar-refractivity contribution in [3.8, 4) is 5.75 Å². The maximum absolute atomic E-state index is 13.5. The summed E-state index contributed by atoms with van der Waals surface area (Å²) >= 11 is 6.25. The predicted molar refractivity (Wildman–Crippen MR) is 81.0 cm³/mol. The zero-order valence-corrected chi connectivity index (χ0v) is 12.5. The highest BCUT2D eigenvalue weighted by atomic mass is 35.5. The normalized spacial score (nSPS) is 12.2. The van der Waals surface area contributed by atoms with Crippen LogP contribution in [0, 0.1) is 11.6 Å². The molecule has 1 nitrogen and oxygen atoms in total. The third kappa shape index (κ3) is 4.71. The first kappa shape index (κ1) is 15.8. The molecule has 0 saturated carbocycles. The van der Waals surface area contributed by atoms with Gasteiger partial charge in [-0.3, -0.25) is 0 Å². The van der Waals surface area contributed by atoms with Gasteiger partial charge in [0.1, 0.15) is 17.4 Å². The molecule has 2 aromatic carbocycles. The second kappa shape index (κ2) is 7.41. The molecule has 0 aromatic heterocycles. The van der Waals surface area contributed by atoms with Crippen molar-refractivity contribution < 1.29 is 13.5 Å². The molecule has 0 amide bonds. The van der Waals surface area contributed by atoms with Gasteiger partial charge >= 0.3 is 0 Å². The van der Waals surface area contributed by atoms with E-state index in [1.165, 1.54) is 12.1 Å². The number of alkyl halides is 1.